The van der Waals surface area contributed by atoms with Crippen LogP contribution in [0.1, 0.15) is 24.3 Å². The number of amides is 3. The van der Waals surface area contributed by atoms with E-state index in [9.17, 15) is 19.1 Å². The van der Waals surface area contributed by atoms with Crippen LogP contribution in [0, 0.1) is 5.82 Å². The number of carbonyl (C=O) groups excluding carboxylic acids is 2. The Bertz CT molecular complexity index is 1040. The third kappa shape index (κ3) is 5.46. The van der Waals surface area contributed by atoms with E-state index in [0.717, 1.165) is 5.56 Å². The van der Waals surface area contributed by atoms with Crippen molar-refractivity contribution in [2.75, 3.05) is 37.5 Å². The van der Waals surface area contributed by atoms with E-state index in [0.29, 0.717) is 31.0 Å². The number of aliphatic hydroxyl groups excluding tert-OH is 1. The summed E-state index contributed by atoms with van der Waals surface area (Å²) in [6, 6.07) is 10.6. The molecule has 0 aliphatic carbocycles. The van der Waals surface area contributed by atoms with Crippen LogP contribution >= 0.6 is 0 Å². The van der Waals surface area contributed by atoms with Crippen molar-refractivity contribution in [2.24, 2.45) is 0 Å². The van der Waals surface area contributed by atoms with Crippen molar-refractivity contribution in [1.82, 2.24) is 5.32 Å². The minimum atomic E-state index is -0.580. The van der Waals surface area contributed by atoms with Crippen molar-refractivity contribution < 1.29 is 33.3 Å². The van der Waals surface area contributed by atoms with Gasteiger partial charge in [-0.3, -0.25) is 4.79 Å². The third-order valence-electron chi connectivity index (χ3n) is 5.92. The maximum Gasteiger partial charge on any atom is 0.323 e. The van der Waals surface area contributed by atoms with Gasteiger partial charge in [0.1, 0.15) is 23.8 Å². The van der Waals surface area contributed by atoms with E-state index in [-0.39, 0.29) is 30.5 Å². The monoisotopic (exact) mass is 473 g/mol. The number of para-hydroxylation sites is 1. The highest BCUT2D eigenvalue weighted by atomic mass is 19.1. The van der Waals surface area contributed by atoms with Gasteiger partial charge in [0, 0.05) is 30.8 Å². The van der Waals surface area contributed by atoms with E-state index >= 15 is 0 Å². The fourth-order valence-electron chi connectivity index (χ4n) is 4.39. The van der Waals surface area contributed by atoms with E-state index in [1.165, 1.54) is 12.1 Å². The van der Waals surface area contributed by atoms with Crippen LogP contribution in [0.4, 0.5) is 20.6 Å². The lowest BCUT2D eigenvalue weighted by Crippen LogP contribution is -2.47. The number of benzene rings is 2. The summed E-state index contributed by atoms with van der Waals surface area (Å²) in [4.78, 5) is 24.6. The summed E-state index contributed by atoms with van der Waals surface area (Å²) >= 11 is 0. The first kappa shape index (κ1) is 23.9. The lowest BCUT2D eigenvalue weighted by atomic mass is 9.84. The molecule has 10 heteroatoms. The predicted octanol–water partition coefficient (Wildman–Crippen LogP) is 2.62. The minimum absolute atomic E-state index is 0.0754. The van der Waals surface area contributed by atoms with Crippen molar-refractivity contribution >= 4 is 23.3 Å². The van der Waals surface area contributed by atoms with Crippen molar-refractivity contribution in [3.05, 3.63) is 53.8 Å². The second-order valence-electron chi connectivity index (χ2n) is 8.26. The van der Waals surface area contributed by atoms with Crippen LogP contribution in [0.5, 0.6) is 5.75 Å². The number of anilines is 2. The summed E-state index contributed by atoms with van der Waals surface area (Å²) in [5, 5.41) is 17.8. The van der Waals surface area contributed by atoms with Crippen LogP contribution in [0.3, 0.4) is 0 Å². The molecule has 2 heterocycles. The molecule has 2 aliphatic rings. The Balaban J connectivity index is 1.44. The first-order valence-corrected chi connectivity index (χ1v) is 11.1. The highest BCUT2D eigenvalue weighted by Gasteiger charge is 2.46. The number of aliphatic hydroxyl groups is 1. The minimum Gasteiger partial charge on any atom is -0.487 e. The molecule has 0 spiro atoms. The van der Waals surface area contributed by atoms with Crippen molar-refractivity contribution in [2.45, 2.75) is 37.1 Å². The lowest BCUT2D eigenvalue weighted by molar-refractivity contribution is -0.142. The summed E-state index contributed by atoms with van der Waals surface area (Å²) in [6.07, 6.45) is -0.686. The van der Waals surface area contributed by atoms with Crippen LogP contribution in [-0.4, -0.2) is 62.2 Å². The van der Waals surface area contributed by atoms with Gasteiger partial charge in [-0.05, 0) is 36.8 Å². The smallest absolute Gasteiger partial charge is 0.323 e. The van der Waals surface area contributed by atoms with Gasteiger partial charge in [-0.1, -0.05) is 12.1 Å². The Morgan fingerprint density at radius 1 is 1.21 bits per heavy atom. The molecule has 4 atom stereocenters. The van der Waals surface area contributed by atoms with Gasteiger partial charge in [0.2, 0.25) is 5.91 Å². The zero-order chi connectivity index (χ0) is 24.1. The number of hydrogen-bond acceptors (Lipinski definition) is 6. The van der Waals surface area contributed by atoms with Gasteiger partial charge in [0.25, 0.3) is 0 Å². The van der Waals surface area contributed by atoms with Gasteiger partial charge in [0.05, 0.1) is 31.4 Å². The molecule has 4 rings (SSSR count). The Morgan fingerprint density at radius 2 is 2.03 bits per heavy atom. The summed E-state index contributed by atoms with van der Waals surface area (Å²) in [5.41, 5.74) is 1.45. The van der Waals surface area contributed by atoms with Crippen LogP contribution in [0.25, 0.3) is 0 Å². The molecule has 34 heavy (non-hydrogen) atoms. The normalized spacial score (nSPS) is 22.8. The Labute approximate surface area is 196 Å². The van der Waals surface area contributed by atoms with Gasteiger partial charge in [-0.15, -0.1) is 0 Å². The van der Waals surface area contributed by atoms with Gasteiger partial charge in [-0.25, -0.2) is 9.18 Å². The Hall–Kier alpha value is -3.21. The number of nitrogens with one attached hydrogen (secondary N) is 3. The summed E-state index contributed by atoms with van der Waals surface area (Å²) in [6.45, 7) is 0.587. The average molecular weight is 474 g/mol. The topological polar surface area (TPSA) is 118 Å². The quantitative estimate of drug-likeness (QED) is 0.438. The van der Waals surface area contributed by atoms with E-state index < -0.39 is 30.2 Å². The SMILES string of the molecule is COCCNC(=O)C[C@@H]1C[C@H]2c3cc(NC(=O)Nc4ccccc4F)ccc3O[C@H]2[C@@H](CO)O1. The van der Waals surface area contributed by atoms with Gasteiger partial charge >= 0.3 is 6.03 Å². The number of halogens is 1. The molecule has 2 aromatic rings. The van der Waals surface area contributed by atoms with Gasteiger partial charge in [0.15, 0.2) is 0 Å². The number of rotatable bonds is 8. The number of methoxy groups -OCH3 is 1. The average Bonchev–Trinajstić information content (AvgIpc) is 3.18. The fraction of sp³-hybridized carbons (Fsp3) is 0.417. The van der Waals surface area contributed by atoms with E-state index in [1.54, 1.807) is 37.4 Å². The molecule has 2 aliphatic heterocycles. The molecule has 4 N–H and O–H groups in total. The van der Waals surface area contributed by atoms with Crippen LogP contribution in [-0.2, 0) is 14.3 Å². The van der Waals surface area contributed by atoms with Gasteiger partial charge in [-0.2, -0.15) is 0 Å². The standard InChI is InChI=1S/C24H28FN3O6/c1-32-9-8-26-22(30)12-15-11-17-16-10-14(6-7-20(16)34-23(17)21(13-29)33-15)27-24(31)28-19-5-3-2-4-18(19)25/h2-7,10,15,17,21,23,29H,8-9,11-13H2,1H3,(H,26,30)(H2,27,28,31)/t15-,17-,21+,23+/m0/s1. The molecule has 0 bridgehead atoms. The molecule has 0 saturated carbocycles. The zero-order valence-corrected chi connectivity index (χ0v) is 18.8. The molecule has 3 amide bonds. The molecular weight excluding hydrogens is 445 g/mol. The fourth-order valence-corrected chi connectivity index (χ4v) is 4.39. The first-order chi connectivity index (χ1) is 16.5. The van der Waals surface area contributed by atoms with E-state index in [2.05, 4.69) is 16.0 Å². The second kappa shape index (κ2) is 10.8. The lowest BCUT2D eigenvalue weighted by Gasteiger charge is -2.37. The van der Waals surface area contributed by atoms with Crippen molar-refractivity contribution in [3.8, 4) is 5.75 Å². The summed E-state index contributed by atoms with van der Waals surface area (Å²) in [7, 11) is 1.56. The largest absolute Gasteiger partial charge is 0.487 e. The Morgan fingerprint density at radius 3 is 2.79 bits per heavy atom. The molecular formula is C24H28FN3O6. The third-order valence-corrected chi connectivity index (χ3v) is 5.92. The molecule has 1 saturated heterocycles. The summed E-state index contributed by atoms with van der Waals surface area (Å²) in [5.74, 6) is -0.162. The van der Waals surface area contributed by atoms with Crippen molar-refractivity contribution in [1.29, 1.82) is 0 Å². The zero-order valence-electron chi connectivity index (χ0n) is 18.8. The molecule has 182 valence electrons. The van der Waals surface area contributed by atoms with Gasteiger partial charge < -0.3 is 35.3 Å². The predicted molar refractivity (Wildman–Crippen MR) is 123 cm³/mol. The number of urea groups is 1. The maximum atomic E-state index is 13.8. The van der Waals surface area contributed by atoms with E-state index in [4.69, 9.17) is 14.2 Å². The second-order valence-corrected chi connectivity index (χ2v) is 8.26. The van der Waals surface area contributed by atoms with Crippen LogP contribution in [0.15, 0.2) is 42.5 Å². The molecule has 0 aromatic heterocycles. The molecule has 1 fully saturated rings. The molecule has 0 unspecified atom stereocenters. The maximum absolute atomic E-state index is 13.8. The number of fused-ring (bicyclic) bond motifs is 3. The Kier molecular flexibility index (Phi) is 7.61. The molecule has 2 aromatic carbocycles. The van der Waals surface area contributed by atoms with E-state index in [1.807, 2.05) is 0 Å². The number of hydrogen-bond donors (Lipinski definition) is 4. The molecule has 0 radical (unpaired) electrons. The highest BCUT2D eigenvalue weighted by molar-refractivity contribution is 5.99. The summed E-state index contributed by atoms with van der Waals surface area (Å²) < 4.78 is 30.7. The number of carbonyl (C=O) groups is 2. The molecule has 9 nitrogen and oxygen atoms in total. The van der Waals surface area contributed by atoms with Crippen molar-refractivity contribution in [3.63, 3.8) is 0 Å². The van der Waals surface area contributed by atoms with Crippen LogP contribution in [0.2, 0.25) is 0 Å². The van der Waals surface area contributed by atoms with Crippen LogP contribution < -0.4 is 20.7 Å². The first-order valence-electron chi connectivity index (χ1n) is 11.1. The highest BCUT2D eigenvalue weighted by Crippen LogP contribution is 2.47. The number of ether oxygens (including phenoxy) is 3.